The summed E-state index contributed by atoms with van der Waals surface area (Å²) >= 11 is 0. The van der Waals surface area contributed by atoms with Gasteiger partial charge in [0.15, 0.2) is 0 Å². The fraction of sp³-hybridized carbons (Fsp3) is 0.571. The quantitative estimate of drug-likeness (QED) is 0.753. The van der Waals surface area contributed by atoms with Gasteiger partial charge >= 0.3 is 0 Å². The topological polar surface area (TPSA) is 92.9 Å². The maximum atomic E-state index is 12.2. The van der Waals surface area contributed by atoms with Gasteiger partial charge in [0.05, 0.1) is 5.75 Å². The molecule has 0 radical (unpaired) electrons. The van der Waals surface area contributed by atoms with Crippen LogP contribution in [0.3, 0.4) is 0 Å². The molecule has 3 N–H and O–H groups in total. The number of benzene rings is 1. The molecule has 0 bridgehead atoms. The third kappa shape index (κ3) is 4.59. The summed E-state index contributed by atoms with van der Waals surface area (Å²) in [5, 5.41) is 9.17. The number of rotatable bonds is 6. The van der Waals surface area contributed by atoms with Crippen molar-refractivity contribution in [3.05, 3.63) is 24.3 Å². The number of hydrogen-bond acceptors (Lipinski definition) is 5. The van der Waals surface area contributed by atoms with Gasteiger partial charge in [0, 0.05) is 25.4 Å². The Bertz CT molecular complexity index is 545. The van der Waals surface area contributed by atoms with Crippen LogP contribution in [-0.4, -0.2) is 49.9 Å². The highest BCUT2D eigenvalue weighted by Gasteiger charge is 2.28. The number of nitrogen functional groups attached to an aromatic ring is 1. The van der Waals surface area contributed by atoms with Crippen LogP contribution in [0.5, 0.6) is 5.75 Å². The molecule has 1 unspecified atom stereocenters. The van der Waals surface area contributed by atoms with Crippen molar-refractivity contribution in [2.24, 2.45) is 5.92 Å². The van der Waals surface area contributed by atoms with Crippen molar-refractivity contribution in [1.82, 2.24) is 4.31 Å². The molecule has 1 atom stereocenters. The van der Waals surface area contributed by atoms with Crippen molar-refractivity contribution >= 4 is 15.7 Å². The average Bonchev–Trinajstić information content (AvgIpc) is 2.49. The minimum atomic E-state index is -3.33. The largest absolute Gasteiger partial charge is 0.492 e. The number of sulfonamides is 1. The molecule has 1 aromatic carbocycles. The van der Waals surface area contributed by atoms with Crippen LogP contribution in [0.2, 0.25) is 0 Å². The van der Waals surface area contributed by atoms with Crippen LogP contribution < -0.4 is 10.5 Å². The molecule has 118 valence electrons. The minimum absolute atomic E-state index is 0.0357. The van der Waals surface area contributed by atoms with Gasteiger partial charge in [-0.15, -0.1) is 0 Å². The molecule has 0 aromatic heterocycles. The van der Waals surface area contributed by atoms with E-state index in [-0.39, 0.29) is 24.9 Å². The lowest BCUT2D eigenvalue weighted by Crippen LogP contribution is -2.42. The molecule has 7 heteroatoms. The zero-order chi connectivity index (χ0) is 15.3. The van der Waals surface area contributed by atoms with Crippen LogP contribution >= 0.6 is 0 Å². The standard InChI is InChI=1S/C14H22N2O4S/c15-13-3-5-14(6-4-13)20-8-9-21(18,19)16-7-1-2-12(10-16)11-17/h3-6,12,17H,1-2,7-11,15H2. The molecule has 1 aliphatic rings. The number of hydrogen-bond donors (Lipinski definition) is 2. The van der Waals surface area contributed by atoms with Crippen LogP contribution in [0.15, 0.2) is 24.3 Å². The van der Waals surface area contributed by atoms with Crippen LogP contribution in [0.1, 0.15) is 12.8 Å². The number of ether oxygens (including phenoxy) is 1. The Morgan fingerprint density at radius 1 is 1.33 bits per heavy atom. The summed E-state index contributed by atoms with van der Waals surface area (Å²) in [5.41, 5.74) is 6.21. The Balaban J connectivity index is 1.84. The monoisotopic (exact) mass is 314 g/mol. The van der Waals surface area contributed by atoms with Gasteiger partial charge in [-0.1, -0.05) is 0 Å². The van der Waals surface area contributed by atoms with Gasteiger partial charge < -0.3 is 15.6 Å². The van der Waals surface area contributed by atoms with Gasteiger partial charge in [0.2, 0.25) is 10.0 Å². The highest BCUT2D eigenvalue weighted by Crippen LogP contribution is 2.19. The zero-order valence-electron chi connectivity index (χ0n) is 11.9. The summed E-state index contributed by atoms with van der Waals surface area (Å²) in [5.74, 6) is 0.591. The van der Waals surface area contributed by atoms with Crippen LogP contribution in [-0.2, 0) is 10.0 Å². The Morgan fingerprint density at radius 3 is 2.71 bits per heavy atom. The third-order valence-electron chi connectivity index (χ3n) is 3.62. The average molecular weight is 314 g/mol. The number of piperidine rings is 1. The minimum Gasteiger partial charge on any atom is -0.492 e. The molecule has 6 nitrogen and oxygen atoms in total. The van der Waals surface area contributed by atoms with Gasteiger partial charge in [-0.3, -0.25) is 0 Å². The van der Waals surface area contributed by atoms with Gasteiger partial charge in [0.25, 0.3) is 0 Å². The van der Waals surface area contributed by atoms with Crippen molar-refractivity contribution in [3.63, 3.8) is 0 Å². The third-order valence-corrected chi connectivity index (χ3v) is 5.42. The number of aliphatic hydroxyl groups excluding tert-OH is 1. The molecule has 1 aromatic rings. The summed E-state index contributed by atoms with van der Waals surface area (Å²) in [6.07, 6.45) is 1.67. The van der Waals surface area contributed by atoms with E-state index in [1.54, 1.807) is 24.3 Å². The van der Waals surface area contributed by atoms with Gasteiger partial charge in [0.1, 0.15) is 12.4 Å². The van der Waals surface area contributed by atoms with Crippen molar-refractivity contribution in [1.29, 1.82) is 0 Å². The molecule has 1 heterocycles. The smallest absolute Gasteiger partial charge is 0.217 e. The second-order valence-electron chi connectivity index (χ2n) is 5.28. The summed E-state index contributed by atoms with van der Waals surface area (Å²) in [6, 6.07) is 6.84. The fourth-order valence-electron chi connectivity index (χ4n) is 2.39. The van der Waals surface area contributed by atoms with Crippen LogP contribution in [0.25, 0.3) is 0 Å². The van der Waals surface area contributed by atoms with Crippen molar-refractivity contribution in [2.75, 3.05) is 37.8 Å². The van der Waals surface area contributed by atoms with E-state index in [1.807, 2.05) is 0 Å². The first-order valence-electron chi connectivity index (χ1n) is 7.08. The lowest BCUT2D eigenvalue weighted by Gasteiger charge is -2.30. The molecule has 0 spiro atoms. The van der Waals surface area contributed by atoms with E-state index in [0.29, 0.717) is 24.5 Å². The van der Waals surface area contributed by atoms with Gasteiger partial charge in [-0.05, 0) is 43.0 Å². The van der Waals surface area contributed by atoms with Crippen LogP contribution in [0.4, 0.5) is 5.69 Å². The number of nitrogens with two attached hydrogens (primary N) is 1. The second-order valence-corrected chi connectivity index (χ2v) is 7.37. The predicted octanol–water partition coefficient (Wildman–Crippen LogP) is 0.682. The SMILES string of the molecule is Nc1ccc(OCCS(=O)(=O)N2CCCC(CO)C2)cc1. The van der Waals surface area contributed by atoms with E-state index in [9.17, 15) is 8.42 Å². The van der Waals surface area contributed by atoms with E-state index in [1.165, 1.54) is 4.31 Å². The first-order chi connectivity index (χ1) is 10.0. The summed E-state index contributed by atoms with van der Waals surface area (Å²) in [6.45, 7) is 1.07. The molecule has 0 aliphatic carbocycles. The lowest BCUT2D eigenvalue weighted by atomic mass is 10.0. The zero-order valence-corrected chi connectivity index (χ0v) is 12.8. The van der Waals surface area contributed by atoms with Crippen LogP contribution in [0, 0.1) is 5.92 Å². The maximum Gasteiger partial charge on any atom is 0.217 e. The van der Waals surface area contributed by atoms with E-state index >= 15 is 0 Å². The fourth-order valence-corrected chi connectivity index (χ4v) is 3.78. The molecular weight excluding hydrogens is 292 g/mol. The van der Waals surface area contributed by atoms with E-state index in [0.717, 1.165) is 12.8 Å². The van der Waals surface area contributed by atoms with E-state index in [2.05, 4.69) is 0 Å². The Morgan fingerprint density at radius 2 is 2.05 bits per heavy atom. The Hall–Kier alpha value is -1.31. The normalized spacial score (nSPS) is 20.3. The number of nitrogens with zero attached hydrogens (tertiary/aromatic N) is 1. The van der Waals surface area contributed by atoms with E-state index < -0.39 is 10.0 Å². The Labute approximate surface area is 125 Å². The maximum absolute atomic E-state index is 12.2. The molecule has 0 amide bonds. The summed E-state index contributed by atoms with van der Waals surface area (Å²) in [4.78, 5) is 0. The number of aliphatic hydroxyl groups is 1. The summed E-state index contributed by atoms with van der Waals surface area (Å²) in [7, 11) is -3.33. The highest BCUT2D eigenvalue weighted by atomic mass is 32.2. The van der Waals surface area contributed by atoms with Crippen molar-refractivity contribution in [2.45, 2.75) is 12.8 Å². The highest BCUT2D eigenvalue weighted by molar-refractivity contribution is 7.89. The second kappa shape index (κ2) is 7.11. The molecule has 2 rings (SSSR count). The summed E-state index contributed by atoms with van der Waals surface area (Å²) < 4.78 is 31.4. The Kier molecular flexibility index (Phi) is 5.44. The van der Waals surface area contributed by atoms with Gasteiger partial charge in [-0.2, -0.15) is 0 Å². The molecule has 21 heavy (non-hydrogen) atoms. The van der Waals surface area contributed by atoms with E-state index in [4.69, 9.17) is 15.6 Å². The molecule has 1 aliphatic heterocycles. The predicted molar refractivity (Wildman–Crippen MR) is 81.5 cm³/mol. The number of anilines is 1. The first kappa shape index (κ1) is 16.1. The lowest BCUT2D eigenvalue weighted by molar-refractivity contribution is 0.165. The van der Waals surface area contributed by atoms with Crippen molar-refractivity contribution in [3.8, 4) is 5.75 Å². The molecule has 1 saturated heterocycles. The molecular formula is C14H22N2O4S. The molecule has 1 fully saturated rings. The van der Waals surface area contributed by atoms with Crippen molar-refractivity contribution < 1.29 is 18.3 Å². The molecule has 0 saturated carbocycles. The first-order valence-corrected chi connectivity index (χ1v) is 8.69. The van der Waals surface area contributed by atoms with Gasteiger partial charge in [-0.25, -0.2) is 12.7 Å².